The number of aryl methyl sites for hydroxylation is 3. The standard InChI is InChI=1S/C30H41N5O2/c1-21-19-35(15-14-31-21)29-12-13-32-27-11-9-22(8-10-26(27)29)16-25(36)7-5-4-6-23-17-24-20-34(2)33-28(24)18-30(23)37-3/h12-13,17-18,20-22,31H,4-11,14-16,19H2,1-3H3/t21-,22?/m0/s1. The van der Waals surface area contributed by atoms with Crippen LogP contribution in [0.3, 0.4) is 0 Å². The Labute approximate surface area is 220 Å². The highest BCUT2D eigenvalue weighted by atomic mass is 16.5. The summed E-state index contributed by atoms with van der Waals surface area (Å²) in [4.78, 5) is 20.2. The maximum Gasteiger partial charge on any atom is 0.133 e. The predicted octanol–water partition coefficient (Wildman–Crippen LogP) is 4.64. The molecule has 37 heavy (non-hydrogen) atoms. The second-order valence-electron chi connectivity index (χ2n) is 11.0. The summed E-state index contributed by atoms with van der Waals surface area (Å²) in [5, 5.41) is 9.15. The third-order valence-corrected chi connectivity index (χ3v) is 8.11. The second-order valence-corrected chi connectivity index (χ2v) is 11.0. The van der Waals surface area contributed by atoms with Crippen molar-refractivity contribution in [3.8, 4) is 5.75 Å². The quantitative estimate of drug-likeness (QED) is 0.339. The van der Waals surface area contributed by atoms with Crippen LogP contribution in [-0.4, -0.2) is 53.3 Å². The van der Waals surface area contributed by atoms with Crippen molar-refractivity contribution in [3.05, 3.63) is 47.4 Å². The summed E-state index contributed by atoms with van der Waals surface area (Å²) >= 11 is 0. The SMILES string of the molecule is COc1cc2nn(C)cc2cc1CCCCC(=O)CC1CCc2nccc(N3CCN[C@@H](C)C3)c2CC1. The number of hydrogen-bond acceptors (Lipinski definition) is 6. The molecule has 1 fully saturated rings. The minimum absolute atomic E-state index is 0.412. The molecule has 0 amide bonds. The monoisotopic (exact) mass is 503 g/mol. The third-order valence-electron chi connectivity index (χ3n) is 8.11. The van der Waals surface area contributed by atoms with E-state index in [-0.39, 0.29) is 0 Å². The molecule has 3 heterocycles. The lowest BCUT2D eigenvalue weighted by Gasteiger charge is -2.35. The summed E-state index contributed by atoms with van der Waals surface area (Å²) in [6.07, 6.45) is 12.4. The van der Waals surface area contributed by atoms with Gasteiger partial charge in [0, 0.05) is 80.8 Å². The van der Waals surface area contributed by atoms with Gasteiger partial charge >= 0.3 is 0 Å². The zero-order chi connectivity index (χ0) is 25.8. The zero-order valence-electron chi connectivity index (χ0n) is 22.6. The van der Waals surface area contributed by atoms with Gasteiger partial charge in [0.25, 0.3) is 0 Å². The molecular formula is C30H41N5O2. The maximum absolute atomic E-state index is 12.9. The third kappa shape index (κ3) is 6.15. The summed E-state index contributed by atoms with van der Waals surface area (Å²) in [7, 11) is 3.65. The average molecular weight is 504 g/mol. The van der Waals surface area contributed by atoms with Gasteiger partial charge in [-0.15, -0.1) is 0 Å². The van der Waals surface area contributed by atoms with Gasteiger partial charge in [-0.2, -0.15) is 5.10 Å². The van der Waals surface area contributed by atoms with Gasteiger partial charge < -0.3 is 15.0 Å². The molecule has 2 atom stereocenters. The van der Waals surface area contributed by atoms with Crippen molar-refractivity contribution in [3.63, 3.8) is 0 Å². The molecule has 1 aliphatic heterocycles. The summed E-state index contributed by atoms with van der Waals surface area (Å²) in [5.74, 6) is 1.76. The number of Topliss-reactive ketones (excluding diaryl/α,β-unsaturated/α-hetero) is 1. The molecule has 1 unspecified atom stereocenters. The Balaban J connectivity index is 1.11. The van der Waals surface area contributed by atoms with E-state index >= 15 is 0 Å². The number of aromatic nitrogens is 3. The number of ether oxygens (including phenoxy) is 1. The van der Waals surface area contributed by atoms with Crippen molar-refractivity contribution >= 4 is 22.4 Å². The summed E-state index contributed by atoms with van der Waals surface area (Å²) < 4.78 is 7.44. The van der Waals surface area contributed by atoms with Crippen molar-refractivity contribution in [1.82, 2.24) is 20.1 Å². The first-order chi connectivity index (χ1) is 18.0. The molecule has 7 heteroatoms. The van der Waals surface area contributed by atoms with E-state index in [4.69, 9.17) is 9.72 Å². The molecule has 1 aromatic carbocycles. The van der Waals surface area contributed by atoms with Crippen LogP contribution in [0.15, 0.2) is 30.6 Å². The number of ketones is 1. The molecule has 2 aromatic heterocycles. The molecule has 7 nitrogen and oxygen atoms in total. The van der Waals surface area contributed by atoms with Gasteiger partial charge in [0.2, 0.25) is 0 Å². The Bertz CT molecular complexity index is 1240. The number of benzene rings is 1. The highest BCUT2D eigenvalue weighted by molar-refractivity contribution is 5.81. The smallest absolute Gasteiger partial charge is 0.133 e. The van der Waals surface area contributed by atoms with Crippen LogP contribution in [0.1, 0.15) is 62.3 Å². The van der Waals surface area contributed by atoms with Crippen LogP contribution < -0.4 is 15.0 Å². The Morgan fingerprint density at radius 2 is 2.08 bits per heavy atom. The molecule has 3 aromatic rings. The molecule has 2 aliphatic rings. The van der Waals surface area contributed by atoms with E-state index in [0.29, 0.717) is 30.6 Å². The highest BCUT2D eigenvalue weighted by Gasteiger charge is 2.25. The summed E-state index contributed by atoms with van der Waals surface area (Å²) in [6.45, 7) is 5.37. The largest absolute Gasteiger partial charge is 0.496 e. The normalized spacial score (nSPS) is 20.0. The number of hydrogen-bond donors (Lipinski definition) is 1. The first kappa shape index (κ1) is 25.7. The fraction of sp³-hybridized carbons (Fsp3) is 0.567. The zero-order valence-corrected chi connectivity index (χ0v) is 22.6. The number of anilines is 1. The van der Waals surface area contributed by atoms with E-state index in [2.05, 4.69) is 34.4 Å². The molecule has 0 spiro atoms. The minimum Gasteiger partial charge on any atom is -0.496 e. The highest BCUT2D eigenvalue weighted by Crippen LogP contribution is 2.33. The molecule has 1 aliphatic carbocycles. The van der Waals surface area contributed by atoms with Crippen LogP contribution in [0.5, 0.6) is 5.75 Å². The number of rotatable bonds is 9. The molecule has 1 N–H and O–H groups in total. The number of pyridine rings is 1. The Kier molecular flexibility index (Phi) is 8.08. The van der Waals surface area contributed by atoms with Gasteiger partial charge in [0.15, 0.2) is 0 Å². The molecule has 5 rings (SSSR count). The number of carbonyl (C=O) groups is 1. The minimum atomic E-state index is 0.412. The molecule has 0 bridgehead atoms. The molecule has 0 saturated carbocycles. The van der Waals surface area contributed by atoms with Crippen molar-refractivity contribution in [1.29, 1.82) is 0 Å². The first-order valence-corrected chi connectivity index (χ1v) is 14.0. The predicted molar refractivity (Wildman–Crippen MR) is 148 cm³/mol. The first-order valence-electron chi connectivity index (χ1n) is 14.0. The van der Waals surface area contributed by atoms with Crippen LogP contribution in [0.25, 0.3) is 10.9 Å². The van der Waals surface area contributed by atoms with E-state index < -0.39 is 0 Å². The summed E-state index contributed by atoms with van der Waals surface area (Å²) in [6, 6.07) is 6.90. The molecule has 1 saturated heterocycles. The van der Waals surface area contributed by atoms with Gasteiger partial charge in [-0.05, 0) is 81.0 Å². The molecular weight excluding hydrogens is 462 g/mol. The van der Waals surface area contributed by atoms with Crippen LogP contribution in [0.4, 0.5) is 5.69 Å². The molecule has 198 valence electrons. The van der Waals surface area contributed by atoms with Crippen molar-refractivity contribution in [2.45, 2.75) is 70.8 Å². The number of nitrogens with one attached hydrogen (secondary N) is 1. The lowest BCUT2D eigenvalue weighted by atomic mass is 9.92. The van der Waals surface area contributed by atoms with Gasteiger partial charge in [-0.3, -0.25) is 14.5 Å². The fourth-order valence-corrected chi connectivity index (χ4v) is 6.17. The van der Waals surface area contributed by atoms with Crippen molar-refractivity contribution in [2.24, 2.45) is 13.0 Å². The molecule has 0 radical (unpaired) electrons. The fourth-order valence-electron chi connectivity index (χ4n) is 6.17. The lowest BCUT2D eigenvalue weighted by molar-refractivity contribution is -0.120. The van der Waals surface area contributed by atoms with Crippen molar-refractivity contribution < 1.29 is 9.53 Å². The Hall–Kier alpha value is -2.93. The Morgan fingerprint density at radius 1 is 1.22 bits per heavy atom. The lowest BCUT2D eigenvalue weighted by Crippen LogP contribution is -2.49. The van der Waals surface area contributed by atoms with E-state index in [1.807, 2.05) is 30.2 Å². The van der Waals surface area contributed by atoms with Crippen LogP contribution in [-0.2, 0) is 31.1 Å². The van der Waals surface area contributed by atoms with E-state index in [1.54, 1.807) is 7.11 Å². The number of carbonyl (C=O) groups excluding carboxylic acids is 1. The van der Waals surface area contributed by atoms with Gasteiger partial charge in [-0.25, -0.2) is 0 Å². The number of unbranched alkanes of at least 4 members (excludes halogenated alkanes) is 1. The van der Waals surface area contributed by atoms with E-state index in [0.717, 1.165) is 81.2 Å². The number of piperazine rings is 1. The van der Waals surface area contributed by atoms with Gasteiger partial charge in [0.05, 0.1) is 12.6 Å². The topological polar surface area (TPSA) is 72.3 Å². The maximum atomic E-state index is 12.9. The van der Waals surface area contributed by atoms with E-state index in [9.17, 15) is 4.79 Å². The van der Waals surface area contributed by atoms with Crippen LogP contribution >= 0.6 is 0 Å². The summed E-state index contributed by atoms with van der Waals surface area (Å²) in [5.41, 5.74) is 6.18. The van der Waals surface area contributed by atoms with Crippen molar-refractivity contribution in [2.75, 3.05) is 31.6 Å². The Morgan fingerprint density at radius 3 is 2.92 bits per heavy atom. The van der Waals surface area contributed by atoms with Gasteiger partial charge in [0.1, 0.15) is 11.5 Å². The second kappa shape index (κ2) is 11.6. The van der Waals surface area contributed by atoms with Crippen LogP contribution in [0.2, 0.25) is 0 Å². The van der Waals surface area contributed by atoms with E-state index in [1.165, 1.54) is 22.5 Å². The number of nitrogens with zero attached hydrogens (tertiary/aromatic N) is 4. The number of methoxy groups -OCH3 is 1. The number of fused-ring (bicyclic) bond motifs is 2. The average Bonchev–Trinajstić information content (AvgIpc) is 3.13. The van der Waals surface area contributed by atoms with Crippen LogP contribution in [0, 0.1) is 5.92 Å². The van der Waals surface area contributed by atoms with Gasteiger partial charge in [-0.1, -0.05) is 0 Å².